The molecule has 0 aliphatic carbocycles. The highest BCUT2D eigenvalue weighted by Gasteiger charge is 2.23. The predicted molar refractivity (Wildman–Crippen MR) is 63.0 cm³/mol. The summed E-state index contributed by atoms with van der Waals surface area (Å²) >= 11 is 0. The summed E-state index contributed by atoms with van der Waals surface area (Å²) in [5.41, 5.74) is 0.346. The number of rotatable bonds is 6. The topological polar surface area (TPSA) is 121 Å². The number of benzene rings is 1. The summed E-state index contributed by atoms with van der Waals surface area (Å²) in [5, 5.41) is 19.4. The van der Waals surface area contributed by atoms with Crippen LogP contribution in [0.15, 0.2) is 24.3 Å². The van der Waals surface area contributed by atoms with Crippen molar-refractivity contribution < 1.29 is 29.4 Å². The Hall–Kier alpha value is -2.70. The molecular formula is C12H11NO6. The quantitative estimate of drug-likeness (QED) is 0.630. The maximum absolute atomic E-state index is 11.7. The first-order valence-corrected chi connectivity index (χ1v) is 5.24. The van der Waals surface area contributed by atoms with Crippen molar-refractivity contribution in [1.29, 1.82) is 0 Å². The Bertz CT molecular complexity index is 525. The van der Waals surface area contributed by atoms with Crippen molar-refractivity contribution >= 4 is 24.1 Å². The lowest BCUT2D eigenvalue weighted by Gasteiger charge is -2.12. The van der Waals surface area contributed by atoms with Crippen molar-refractivity contribution in [3.05, 3.63) is 35.4 Å². The summed E-state index contributed by atoms with van der Waals surface area (Å²) in [5.74, 6) is -3.53. The number of carboxylic acids is 2. The van der Waals surface area contributed by atoms with E-state index in [1.165, 1.54) is 24.3 Å². The third-order valence-electron chi connectivity index (χ3n) is 2.27. The molecular weight excluding hydrogens is 254 g/mol. The molecule has 0 radical (unpaired) electrons. The van der Waals surface area contributed by atoms with Gasteiger partial charge < -0.3 is 15.5 Å². The third kappa shape index (κ3) is 4.23. The number of hydrogen-bond donors (Lipinski definition) is 3. The number of amides is 1. The molecule has 7 nitrogen and oxygen atoms in total. The van der Waals surface area contributed by atoms with Crippen LogP contribution in [-0.2, 0) is 9.59 Å². The number of aliphatic carboxylic acids is 2. The van der Waals surface area contributed by atoms with Gasteiger partial charge in [-0.15, -0.1) is 0 Å². The maximum Gasteiger partial charge on any atom is 0.326 e. The van der Waals surface area contributed by atoms with Gasteiger partial charge in [-0.3, -0.25) is 14.4 Å². The normalized spacial score (nSPS) is 11.4. The van der Waals surface area contributed by atoms with E-state index in [0.717, 1.165) is 0 Å². The van der Waals surface area contributed by atoms with E-state index in [1.54, 1.807) is 0 Å². The van der Waals surface area contributed by atoms with Crippen LogP contribution in [0, 0.1) is 0 Å². The Labute approximate surface area is 107 Å². The zero-order valence-electron chi connectivity index (χ0n) is 9.70. The van der Waals surface area contributed by atoms with Crippen molar-refractivity contribution in [3.63, 3.8) is 0 Å². The second-order valence-electron chi connectivity index (χ2n) is 3.71. The van der Waals surface area contributed by atoms with E-state index in [0.29, 0.717) is 6.29 Å². The van der Waals surface area contributed by atoms with Crippen LogP contribution in [0.5, 0.6) is 0 Å². The van der Waals surface area contributed by atoms with Crippen LogP contribution in [0.4, 0.5) is 0 Å². The minimum absolute atomic E-state index is 0.0845. The van der Waals surface area contributed by atoms with Gasteiger partial charge in [-0.05, 0) is 12.1 Å². The number of carbonyl (C=O) groups excluding carboxylic acids is 2. The van der Waals surface area contributed by atoms with Gasteiger partial charge in [-0.1, -0.05) is 12.1 Å². The molecule has 1 unspecified atom stereocenters. The van der Waals surface area contributed by atoms with Crippen LogP contribution in [0.25, 0.3) is 0 Å². The highest BCUT2D eigenvalue weighted by molar-refractivity contribution is 5.98. The Kier molecular flexibility index (Phi) is 4.76. The van der Waals surface area contributed by atoms with Gasteiger partial charge in [0.2, 0.25) is 0 Å². The minimum atomic E-state index is -1.52. The van der Waals surface area contributed by atoms with Crippen molar-refractivity contribution in [2.75, 3.05) is 0 Å². The molecule has 0 bridgehead atoms. The van der Waals surface area contributed by atoms with E-state index < -0.39 is 30.3 Å². The summed E-state index contributed by atoms with van der Waals surface area (Å²) in [6.45, 7) is 0. The largest absolute Gasteiger partial charge is 0.481 e. The molecule has 0 saturated carbocycles. The standard InChI is InChI=1S/C12H11NO6/c14-6-7-2-1-3-8(4-7)11(17)13-9(12(18)19)5-10(15)16/h1-4,6,9H,5H2,(H,13,17)(H,15,16)(H,18,19). The average Bonchev–Trinajstić information content (AvgIpc) is 2.37. The van der Waals surface area contributed by atoms with Gasteiger partial charge in [-0.25, -0.2) is 4.79 Å². The number of carboxylic acid groups (broad SMARTS) is 2. The Morgan fingerprint density at radius 2 is 1.95 bits per heavy atom. The van der Waals surface area contributed by atoms with Gasteiger partial charge >= 0.3 is 11.9 Å². The van der Waals surface area contributed by atoms with Gasteiger partial charge in [0.25, 0.3) is 5.91 Å². The molecule has 1 aromatic carbocycles. The summed E-state index contributed by atoms with van der Waals surface area (Å²) < 4.78 is 0. The molecule has 1 rings (SSSR count). The van der Waals surface area contributed by atoms with E-state index in [2.05, 4.69) is 5.32 Å². The van der Waals surface area contributed by atoms with E-state index >= 15 is 0 Å². The minimum Gasteiger partial charge on any atom is -0.481 e. The van der Waals surface area contributed by atoms with E-state index in [9.17, 15) is 19.2 Å². The van der Waals surface area contributed by atoms with Crippen molar-refractivity contribution in [1.82, 2.24) is 5.32 Å². The van der Waals surface area contributed by atoms with Crippen LogP contribution in [-0.4, -0.2) is 40.4 Å². The van der Waals surface area contributed by atoms with Gasteiger partial charge in [0.1, 0.15) is 12.3 Å². The second-order valence-corrected chi connectivity index (χ2v) is 3.71. The Morgan fingerprint density at radius 1 is 1.26 bits per heavy atom. The number of nitrogens with one attached hydrogen (secondary N) is 1. The molecule has 0 fully saturated rings. The summed E-state index contributed by atoms with van der Waals surface area (Å²) in [6.07, 6.45) is -0.183. The van der Waals surface area contributed by atoms with E-state index in [1.807, 2.05) is 0 Å². The molecule has 0 aromatic heterocycles. The third-order valence-corrected chi connectivity index (χ3v) is 2.27. The van der Waals surface area contributed by atoms with Crippen LogP contribution >= 0.6 is 0 Å². The molecule has 1 amide bonds. The zero-order valence-corrected chi connectivity index (χ0v) is 9.70. The molecule has 3 N–H and O–H groups in total. The van der Waals surface area contributed by atoms with Gasteiger partial charge in [0.15, 0.2) is 0 Å². The lowest BCUT2D eigenvalue weighted by Crippen LogP contribution is -2.42. The number of aldehydes is 1. The maximum atomic E-state index is 11.7. The van der Waals surface area contributed by atoms with Crippen molar-refractivity contribution in [3.8, 4) is 0 Å². The van der Waals surface area contributed by atoms with Gasteiger partial charge in [0, 0.05) is 11.1 Å². The van der Waals surface area contributed by atoms with Gasteiger partial charge in [0.05, 0.1) is 6.42 Å². The first-order valence-electron chi connectivity index (χ1n) is 5.24. The van der Waals surface area contributed by atoms with Crippen molar-refractivity contribution in [2.24, 2.45) is 0 Å². The van der Waals surface area contributed by atoms with Crippen molar-refractivity contribution in [2.45, 2.75) is 12.5 Å². The molecule has 1 atom stereocenters. The lowest BCUT2D eigenvalue weighted by atomic mass is 10.1. The molecule has 0 heterocycles. The Morgan fingerprint density at radius 3 is 2.47 bits per heavy atom. The fourth-order valence-corrected chi connectivity index (χ4v) is 1.37. The molecule has 0 spiro atoms. The smallest absolute Gasteiger partial charge is 0.326 e. The van der Waals surface area contributed by atoms with Crippen LogP contribution in [0.1, 0.15) is 27.1 Å². The van der Waals surface area contributed by atoms with Crippen LogP contribution in [0.2, 0.25) is 0 Å². The number of hydrogen-bond acceptors (Lipinski definition) is 4. The molecule has 0 aliphatic rings. The fraction of sp³-hybridized carbons (Fsp3) is 0.167. The molecule has 0 saturated heterocycles. The van der Waals surface area contributed by atoms with Crippen LogP contribution < -0.4 is 5.32 Å². The first-order chi connectivity index (χ1) is 8.93. The Balaban J connectivity index is 2.84. The van der Waals surface area contributed by atoms with E-state index in [-0.39, 0.29) is 11.1 Å². The zero-order chi connectivity index (χ0) is 14.4. The summed E-state index contributed by atoms with van der Waals surface area (Å²) in [7, 11) is 0. The first kappa shape index (κ1) is 14.4. The summed E-state index contributed by atoms with van der Waals surface area (Å²) in [4.78, 5) is 43.5. The SMILES string of the molecule is O=Cc1cccc(C(=O)NC(CC(=O)O)C(=O)O)c1. The van der Waals surface area contributed by atoms with E-state index in [4.69, 9.17) is 10.2 Å². The second kappa shape index (κ2) is 6.29. The summed E-state index contributed by atoms with van der Waals surface area (Å²) in [6, 6.07) is 4.09. The molecule has 1 aromatic rings. The monoisotopic (exact) mass is 265 g/mol. The predicted octanol–water partition coefficient (Wildman–Crippen LogP) is 0.157. The van der Waals surface area contributed by atoms with Gasteiger partial charge in [-0.2, -0.15) is 0 Å². The number of carbonyl (C=O) groups is 4. The highest BCUT2D eigenvalue weighted by Crippen LogP contribution is 2.04. The lowest BCUT2D eigenvalue weighted by molar-refractivity contribution is -0.145. The molecule has 0 aliphatic heterocycles. The molecule has 7 heteroatoms. The fourth-order valence-electron chi connectivity index (χ4n) is 1.37. The average molecular weight is 265 g/mol. The highest BCUT2D eigenvalue weighted by atomic mass is 16.4. The van der Waals surface area contributed by atoms with Crippen LogP contribution in [0.3, 0.4) is 0 Å². The molecule has 19 heavy (non-hydrogen) atoms. The molecule has 100 valence electrons.